The topological polar surface area (TPSA) is 104 Å². The van der Waals surface area contributed by atoms with Gasteiger partial charge in [0.1, 0.15) is 6.54 Å². The Morgan fingerprint density at radius 2 is 1.80 bits per heavy atom. The number of urea groups is 1. The maximum Gasteiger partial charge on any atom is 0.320 e. The number of piperidine rings is 1. The molecular weight excluding hydrogens is 262 g/mol. The molecule has 1 aliphatic heterocycles. The number of carboxylic acid groups (broad SMARTS) is 1. The minimum absolute atomic E-state index is 0.107. The van der Waals surface area contributed by atoms with Crippen molar-refractivity contribution in [2.24, 2.45) is 11.1 Å². The Hall–Kier alpha value is -1.79. The fourth-order valence-electron chi connectivity index (χ4n) is 2.55. The molecule has 0 radical (unpaired) electrons. The molecule has 0 aromatic heterocycles. The van der Waals surface area contributed by atoms with Crippen molar-refractivity contribution in [3.05, 3.63) is 0 Å². The van der Waals surface area contributed by atoms with Crippen LogP contribution in [0, 0.1) is 5.41 Å². The zero-order chi connectivity index (χ0) is 15.3. The monoisotopic (exact) mass is 285 g/mol. The van der Waals surface area contributed by atoms with Gasteiger partial charge in [0.2, 0.25) is 5.91 Å². The fourth-order valence-corrected chi connectivity index (χ4v) is 2.55. The summed E-state index contributed by atoms with van der Waals surface area (Å²) in [4.78, 5) is 37.5. The molecule has 3 N–H and O–H groups in total. The van der Waals surface area contributed by atoms with Crippen molar-refractivity contribution in [3.8, 4) is 0 Å². The van der Waals surface area contributed by atoms with Crippen LogP contribution < -0.4 is 5.73 Å². The van der Waals surface area contributed by atoms with Gasteiger partial charge in [0.05, 0.1) is 5.41 Å². The summed E-state index contributed by atoms with van der Waals surface area (Å²) >= 11 is 0. The summed E-state index contributed by atoms with van der Waals surface area (Å²) in [5.41, 5.74) is 4.39. The zero-order valence-corrected chi connectivity index (χ0v) is 12.1. The van der Waals surface area contributed by atoms with Gasteiger partial charge >= 0.3 is 12.0 Å². The van der Waals surface area contributed by atoms with E-state index in [9.17, 15) is 19.5 Å². The number of hydrogen-bond donors (Lipinski definition) is 2. The quantitative estimate of drug-likeness (QED) is 0.767. The molecule has 0 spiro atoms. The Morgan fingerprint density at radius 3 is 2.15 bits per heavy atom. The zero-order valence-electron chi connectivity index (χ0n) is 12.1. The number of amides is 3. The lowest BCUT2D eigenvalue weighted by molar-refractivity contribution is -0.152. The summed E-state index contributed by atoms with van der Waals surface area (Å²) in [6.45, 7) is 4.72. The van der Waals surface area contributed by atoms with Gasteiger partial charge in [-0.2, -0.15) is 0 Å². The van der Waals surface area contributed by atoms with Crippen molar-refractivity contribution in [3.63, 3.8) is 0 Å². The van der Waals surface area contributed by atoms with Crippen LogP contribution in [0.4, 0.5) is 4.79 Å². The van der Waals surface area contributed by atoms with E-state index >= 15 is 0 Å². The lowest BCUT2D eigenvalue weighted by Crippen LogP contribution is -2.52. The number of rotatable bonds is 5. The van der Waals surface area contributed by atoms with Gasteiger partial charge in [-0.05, 0) is 26.2 Å². The number of nitrogens with zero attached hydrogens (tertiary/aromatic N) is 2. The van der Waals surface area contributed by atoms with E-state index in [1.807, 2.05) is 6.92 Å². The average Bonchev–Trinajstić information content (AvgIpc) is 2.43. The minimum atomic E-state index is -0.795. The maximum atomic E-state index is 12.2. The Labute approximate surface area is 118 Å². The van der Waals surface area contributed by atoms with Crippen molar-refractivity contribution < 1.29 is 19.5 Å². The first-order chi connectivity index (χ1) is 9.36. The number of carbonyl (C=O) groups is 3. The van der Waals surface area contributed by atoms with Crippen LogP contribution in [-0.2, 0) is 9.59 Å². The van der Waals surface area contributed by atoms with Crippen molar-refractivity contribution in [2.75, 3.05) is 26.2 Å². The normalized spacial score (nSPS) is 17.6. The van der Waals surface area contributed by atoms with Crippen molar-refractivity contribution in [1.29, 1.82) is 0 Å². The highest BCUT2D eigenvalue weighted by molar-refractivity contribution is 5.83. The van der Waals surface area contributed by atoms with E-state index in [0.29, 0.717) is 38.9 Å². The number of carbonyl (C=O) groups excluding carboxylic acids is 2. The highest BCUT2D eigenvalue weighted by Gasteiger charge is 2.41. The molecule has 1 saturated heterocycles. The van der Waals surface area contributed by atoms with Crippen LogP contribution >= 0.6 is 0 Å². The molecular formula is C13H23N3O4. The molecule has 114 valence electrons. The standard InChI is InChI=1S/C13H23N3O4/c1-3-13(11(18)19)5-7-16(8-6-13)12(20)15(4-2)9-10(14)17/h3-9H2,1-2H3,(H2,14,17)(H,18,19). The first kappa shape index (κ1) is 16.3. The fraction of sp³-hybridized carbons (Fsp3) is 0.769. The van der Waals surface area contributed by atoms with Gasteiger partial charge in [0.25, 0.3) is 0 Å². The smallest absolute Gasteiger partial charge is 0.320 e. The molecule has 7 nitrogen and oxygen atoms in total. The third kappa shape index (κ3) is 3.40. The Morgan fingerprint density at radius 1 is 1.25 bits per heavy atom. The van der Waals surface area contributed by atoms with E-state index in [2.05, 4.69) is 0 Å². The first-order valence-electron chi connectivity index (χ1n) is 6.92. The molecule has 0 aliphatic carbocycles. The molecule has 0 atom stereocenters. The highest BCUT2D eigenvalue weighted by atomic mass is 16.4. The average molecular weight is 285 g/mol. The van der Waals surface area contributed by atoms with E-state index in [0.717, 1.165) is 0 Å². The van der Waals surface area contributed by atoms with Gasteiger partial charge in [-0.15, -0.1) is 0 Å². The largest absolute Gasteiger partial charge is 0.481 e. The minimum Gasteiger partial charge on any atom is -0.481 e. The second-order valence-corrected chi connectivity index (χ2v) is 5.19. The molecule has 1 rings (SSSR count). The Balaban J connectivity index is 2.66. The lowest BCUT2D eigenvalue weighted by Gasteiger charge is -2.39. The van der Waals surface area contributed by atoms with Crippen LogP contribution in [-0.4, -0.2) is 59.0 Å². The molecule has 7 heteroatoms. The molecule has 0 unspecified atom stereocenters. The molecule has 20 heavy (non-hydrogen) atoms. The Bertz CT molecular complexity index is 389. The van der Waals surface area contributed by atoms with Crippen LogP contribution in [0.1, 0.15) is 33.1 Å². The summed E-state index contributed by atoms with van der Waals surface area (Å²) < 4.78 is 0. The number of hydrogen-bond acceptors (Lipinski definition) is 3. The van der Waals surface area contributed by atoms with Crippen LogP contribution in [0.2, 0.25) is 0 Å². The number of likely N-dealkylation sites (N-methyl/N-ethyl adjacent to an activating group) is 1. The summed E-state index contributed by atoms with van der Waals surface area (Å²) in [7, 11) is 0. The van der Waals surface area contributed by atoms with Crippen molar-refractivity contribution in [1.82, 2.24) is 9.80 Å². The predicted molar refractivity (Wildman–Crippen MR) is 73.0 cm³/mol. The molecule has 1 fully saturated rings. The number of likely N-dealkylation sites (tertiary alicyclic amines) is 1. The number of aliphatic carboxylic acids is 1. The van der Waals surface area contributed by atoms with E-state index in [4.69, 9.17) is 5.73 Å². The van der Waals surface area contributed by atoms with E-state index in [-0.39, 0.29) is 12.6 Å². The summed E-state index contributed by atoms with van der Waals surface area (Å²) in [5.74, 6) is -1.35. The van der Waals surface area contributed by atoms with Gasteiger partial charge in [0.15, 0.2) is 0 Å². The summed E-state index contributed by atoms with van der Waals surface area (Å²) in [6, 6.07) is -0.249. The highest BCUT2D eigenvalue weighted by Crippen LogP contribution is 2.35. The Kier molecular flexibility index (Phi) is 5.35. The SMILES string of the molecule is CCN(CC(N)=O)C(=O)N1CCC(CC)(C(=O)O)CC1. The van der Waals surface area contributed by atoms with Crippen LogP contribution in [0.5, 0.6) is 0 Å². The van der Waals surface area contributed by atoms with E-state index in [1.54, 1.807) is 11.8 Å². The number of carboxylic acids is 1. The first-order valence-corrected chi connectivity index (χ1v) is 6.92. The van der Waals surface area contributed by atoms with Gasteiger partial charge < -0.3 is 20.6 Å². The lowest BCUT2D eigenvalue weighted by atomic mass is 9.76. The van der Waals surface area contributed by atoms with Gasteiger partial charge in [-0.1, -0.05) is 6.92 Å². The predicted octanol–water partition coefficient (Wildman–Crippen LogP) is 0.490. The van der Waals surface area contributed by atoms with Gasteiger partial charge in [-0.25, -0.2) is 4.79 Å². The second kappa shape index (κ2) is 6.58. The number of nitrogens with two attached hydrogens (primary N) is 1. The van der Waals surface area contributed by atoms with Crippen molar-refractivity contribution in [2.45, 2.75) is 33.1 Å². The van der Waals surface area contributed by atoms with Gasteiger partial charge in [-0.3, -0.25) is 9.59 Å². The van der Waals surface area contributed by atoms with Crippen LogP contribution in [0.15, 0.2) is 0 Å². The van der Waals surface area contributed by atoms with Crippen molar-refractivity contribution >= 4 is 17.9 Å². The van der Waals surface area contributed by atoms with Crippen LogP contribution in [0.25, 0.3) is 0 Å². The molecule has 0 saturated carbocycles. The second-order valence-electron chi connectivity index (χ2n) is 5.19. The molecule has 1 aliphatic rings. The van der Waals surface area contributed by atoms with E-state index < -0.39 is 17.3 Å². The number of primary amides is 1. The third-order valence-electron chi connectivity index (χ3n) is 4.12. The maximum absolute atomic E-state index is 12.2. The van der Waals surface area contributed by atoms with Gasteiger partial charge in [0, 0.05) is 19.6 Å². The third-order valence-corrected chi connectivity index (χ3v) is 4.12. The molecule has 1 heterocycles. The molecule has 3 amide bonds. The summed E-state index contributed by atoms with van der Waals surface area (Å²) in [6.07, 6.45) is 1.44. The van der Waals surface area contributed by atoms with Crippen LogP contribution in [0.3, 0.4) is 0 Å². The summed E-state index contributed by atoms with van der Waals surface area (Å²) in [5, 5.41) is 9.31. The molecule has 0 bridgehead atoms. The molecule has 0 aromatic rings. The van der Waals surface area contributed by atoms with E-state index in [1.165, 1.54) is 4.90 Å². The molecule has 0 aromatic carbocycles.